The van der Waals surface area contributed by atoms with Crippen LogP contribution in [-0.2, 0) is 0 Å². The van der Waals surface area contributed by atoms with Crippen molar-refractivity contribution in [2.24, 2.45) is 0 Å². The zero-order valence-electron chi connectivity index (χ0n) is 10.7. The van der Waals surface area contributed by atoms with Crippen LogP contribution in [0.3, 0.4) is 0 Å². The Morgan fingerprint density at radius 3 is 2.33 bits per heavy atom. The second-order valence-corrected chi connectivity index (χ2v) is 5.54. The predicted octanol–water partition coefficient (Wildman–Crippen LogP) is 6.24. The van der Waals surface area contributed by atoms with E-state index in [1.165, 1.54) is 6.07 Å². The lowest BCUT2D eigenvalue weighted by atomic mass is 10.1. The molecular formula is C14H9Cl3F3N. The van der Waals surface area contributed by atoms with Crippen LogP contribution in [-0.4, -0.2) is 0 Å². The van der Waals surface area contributed by atoms with Crippen LogP contribution in [0.5, 0.6) is 0 Å². The maximum atomic E-state index is 13.6. The van der Waals surface area contributed by atoms with Crippen molar-refractivity contribution < 1.29 is 13.2 Å². The minimum absolute atomic E-state index is 0.162. The summed E-state index contributed by atoms with van der Waals surface area (Å²) in [6, 6.07) is 3.92. The smallest absolute Gasteiger partial charge is 0.182 e. The lowest BCUT2D eigenvalue weighted by Crippen LogP contribution is -2.10. The fourth-order valence-electron chi connectivity index (χ4n) is 1.85. The highest BCUT2D eigenvalue weighted by atomic mass is 35.5. The first kappa shape index (κ1) is 16.3. The van der Waals surface area contributed by atoms with Crippen molar-refractivity contribution >= 4 is 40.5 Å². The molecule has 2 aromatic carbocycles. The first-order valence-electron chi connectivity index (χ1n) is 5.85. The van der Waals surface area contributed by atoms with E-state index in [2.05, 4.69) is 5.32 Å². The summed E-state index contributed by atoms with van der Waals surface area (Å²) in [5.41, 5.74) is 0.220. The zero-order chi connectivity index (χ0) is 15.7. The van der Waals surface area contributed by atoms with Crippen LogP contribution in [0, 0.1) is 17.5 Å². The van der Waals surface area contributed by atoms with Crippen LogP contribution in [0.1, 0.15) is 18.5 Å². The lowest BCUT2D eigenvalue weighted by Gasteiger charge is -2.18. The quantitative estimate of drug-likeness (QED) is 0.508. The Hall–Kier alpha value is -1.10. The van der Waals surface area contributed by atoms with Crippen molar-refractivity contribution in [3.8, 4) is 0 Å². The Kier molecular flexibility index (Phi) is 4.91. The summed E-state index contributed by atoms with van der Waals surface area (Å²) in [6.45, 7) is 1.65. The number of nitrogens with one attached hydrogen (secondary N) is 1. The Labute approximate surface area is 134 Å². The van der Waals surface area contributed by atoms with Crippen LogP contribution in [0.2, 0.25) is 15.1 Å². The molecule has 1 nitrogen and oxygen atoms in total. The molecule has 0 saturated carbocycles. The van der Waals surface area contributed by atoms with E-state index in [-0.39, 0.29) is 20.8 Å². The molecule has 0 heterocycles. The van der Waals surface area contributed by atoms with E-state index in [0.29, 0.717) is 11.6 Å². The summed E-state index contributed by atoms with van der Waals surface area (Å²) >= 11 is 17.8. The second kappa shape index (κ2) is 6.34. The van der Waals surface area contributed by atoms with Gasteiger partial charge in [0.15, 0.2) is 11.6 Å². The van der Waals surface area contributed by atoms with E-state index in [0.717, 1.165) is 6.07 Å². The van der Waals surface area contributed by atoms with E-state index >= 15 is 0 Å². The summed E-state index contributed by atoms with van der Waals surface area (Å²) < 4.78 is 39.9. The minimum atomic E-state index is -1.27. The van der Waals surface area contributed by atoms with Crippen molar-refractivity contribution in [1.82, 2.24) is 0 Å². The van der Waals surface area contributed by atoms with Crippen molar-refractivity contribution in [3.05, 3.63) is 62.3 Å². The van der Waals surface area contributed by atoms with Gasteiger partial charge in [0, 0.05) is 12.1 Å². The first-order chi connectivity index (χ1) is 9.81. The van der Waals surface area contributed by atoms with Gasteiger partial charge in [-0.05, 0) is 18.6 Å². The lowest BCUT2D eigenvalue weighted by molar-refractivity contribution is 0.496. The molecule has 2 aromatic rings. The molecule has 1 atom stereocenters. The molecule has 0 aliphatic heterocycles. The normalized spacial score (nSPS) is 12.3. The van der Waals surface area contributed by atoms with Crippen LogP contribution in [0.15, 0.2) is 24.3 Å². The molecule has 0 saturated heterocycles. The molecule has 0 aromatic heterocycles. The van der Waals surface area contributed by atoms with Gasteiger partial charge < -0.3 is 5.32 Å². The average molecular weight is 355 g/mol. The standard InChI is InChI=1S/C14H9Cl3F3N/c1-6(8-2-3-9(15)13(17)12(8)16)21-11-5-7(18)4-10(19)14(11)20/h2-6,21H,1H3. The number of halogens is 6. The summed E-state index contributed by atoms with van der Waals surface area (Å²) in [7, 11) is 0. The molecule has 0 spiro atoms. The third-order valence-electron chi connectivity index (χ3n) is 2.90. The zero-order valence-corrected chi connectivity index (χ0v) is 12.9. The van der Waals surface area contributed by atoms with Gasteiger partial charge in [-0.2, -0.15) is 0 Å². The van der Waals surface area contributed by atoms with Gasteiger partial charge in [-0.3, -0.25) is 0 Å². The highest BCUT2D eigenvalue weighted by Gasteiger charge is 2.17. The molecule has 2 rings (SSSR count). The minimum Gasteiger partial charge on any atom is -0.376 e. The molecule has 0 aliphatic carbocycles. The summed E-state index contributed by atoms with van der Waals surface area (Å²) in [6.07, 6.45) is 0. The maximum Gasteiger partial charge on any atom is 0.182 e. The molecule has 0 amide bonds. The Morgan fingerprint density at radius 1 is 1.00 bits per heavy atom. The monoisotopic (exact) mass is 353 g/mol. The number of hydrogen-bond acceptors (Lipinski definition) is 1. The van der Waals surface area contributed by atoms with Gasteiger partial charge in [0.25, 0.3) is 0 Å². The van der Waals surface area contributed by atoms with Gasteiger partial charge >= 0.3 is 0 Å². The highest BCUT2D eigenvalue weighted by molar-refractivity contribution is 6.48. The van der Waals surface area contributed by atoms with Gasteiger partial charge in [-0.25, -0.2) is 13.2 Å². The molecule has 7 heteroatoms. The number of rotatable bonds is 3. The molecule has 112 valence electrons. The predicted molar refractivity (Wildman–Crippen MR) is 79.8 cm³/mol. The summed E-state index contributed by atoms with van der Waals surface area (Å²) in [5.74, 6) is -3.33. The molecule has 0 fully saturated rings. The molecule has 0 aliphatic rings. The van der Waals surface area contributed by atoms with Crippen molar-refractivity contribution in [2.45, 2.75) is 13.0 Å². The third-order valence-corrected chi connectivity index (χ3v) is 4.20. The molecule has 1 N–H and O–H groups in total. The maximum absolute atomic E-state index is 13.6. The van der Waals surface area contributed by atoms with E-state index < -0.39 is 23.5 Å². The average Bonchev–Trinajstić information content (AvgIpc) is 2.41. The fraction of sp³-hybridized carbons (Fsp3) is 0.143. The number of anilines is 1. The van der Waals surface area contributed by atoms with Crippen LogP contribution >= 0.6 is 34.8 Å². The third kappa shape index (κ3) is 3.39. The molecule has 0 radical (unpaired) electrons. The van der Waals surface area contributed by atoms with Crippen LogP contribution in [0.25, 0.3) is 0 Å². The Morgan fingerprint density at radius 2 is 1.67 bits per heavy atom. The summed E-state index contributed by atoms with van der Waals surface area (Å²) in [4.78, 5) is 0. The highest BCUT2D eigenvalue weighted by Crippen LogP contribution is 2.36. The van der Waals surface area contributed by atoms with Gasteiger partial charge in [0.2, 0.25) is 0 Å². The largest absolute Gasteiger partial charge is 0.376 e. The fourth-order valence-corrected chi connectivity index (χ4v) is 2.55. The van der Waals surface area contributed by atoms with Gasteiger partial charge in [0.1, 0.15) is 5.82 Å². The van der Waals surface area contributed by atoms with Crippen molar-refractivity contribution in [2.75, 3.05) is 5.32 Å². The second-order valence-electron chi connectivity index (χ2n) is 4.38. The van der Waals surface area contributed by atoms with Gasteiger partial charge in [-0.15, -0.1) is 0 Å². The van der Waals surface area contributed by atoms with Crippen LogP contribution in [0.4, 0.5) is 18.9 Å². The Balaban J connectivity index is 2.35. The molecule has 21 heavy (non-hydrogen) atoms. The SMILES string of the molecule is CC(Nc1cc(F)cc(F)c1F)c1ccc(Cl)c(Cl)c1Cl. The van der Waals surface area contributed by atoms with Crippen LogP contribution < -0.4 is 5.32 Å². The molecule has 0 bridgehead atoms. The van der Waals surface area contributed by atoms with Gasteiger partial charge in [-0.1, -0.05) is 40.9 Å². The van der Waals surface area contributed by atoms with E-state index in [9.17, 15) is 13.2 Å². The molecule has 1 unspecified atom stereocenters. The van der Waals surface area contributed by atoms with E-state index in [1.54, 1.807) is 13.0 Å². The van der Waals surface area contributed by atoms with Crippen molar-refractivity contribution in [3.63, 3.8) is 0 Å². The molecular weight excluding hydrogens is 346 g/mol. The van der Waals surface area contributed by atoms with E-state index in [1.807, 2.05) is 0 Å². The van der Waals surface area contributed by atoms with Crippen molar-refractivity contribution in [1.29, 1.82) is 0 Å². The first-order valence-corrected chi connectivity index (χ1v) is 6.99. The Bertz CT molecular complexity index is 692. The topological polar surface area (TPSA) is 12.0 Å². The summed E-state index contributed by atoms with van der Waals surface area (Å²) in [5, 5.41) is 3.29. The number of benzene rings is 2. The van der Waals surface area contributed by atoms with Gasteiger partial charge in [0.05, 0.1) is 26.8 Å². The van der Waals surface area contributed by atoms with E-state index in [4.69, 9.17) is 34.8 Å². The number of hydrogen-bond donors (Lipinski definition) is 1.